The normalized spacial score (nSPS) is 16.3. The number of fused-ring (bicyclic) bond motifs is 1. The van der Waals surface area contributed by atoms with Gasteiger partial charge in [-0.05, 0) is 36.3 Å². The minimum absolute atomic E-state index is 0.0335. The van der Waals surface area contributed by atoms with Gasteiger partial charge in [-0.2, -0.15) is 10.1 Å². The molecule has 1 N–H and O–H groups in total. The highest BCUT2D eigenvalue weighted by Gasteiger charge is 2.23. The molecule has 6 heteroatoms. The lowest BCUT2D eigenvalue weighted by Gasteiger charge is -2.24. The van der Waals surface area contributed by atoms with Crippen LogP contribution in [0.2, 0.25) is 10.0 Å². The second-order valence-corrected chi connectivity index (χ2v) is 6.53. The number of allylic oxidation sites excluding steroid dienone is 1. The van der Waals surface area contributed by atoms with Crippen LogP contribution >= 0.6 is 23.2 Å². The van der Waals surface area contributed by atoms with Crippen LogP contribution in [0.1, 0.15) is 22.7 Å². The maximum atomic E-state index is 6.16. The first-order valence-electron chi connectivity index (χ1n) is 7.52. The van der Waals surface area contributed by atoms with Gasteiger partial charge in [-0.3, -0.25) is 0 Å². The van der Waals surface area contributed by atoms with Crippen LogP contribution in [0.25, 0.3) is 5.70 Å². The van der Waals surface area contributed by atoms with E-state index < -0.39 is 0 Å². The lowest BCUT2D eigenvalue weighted by atomic mass is 10.0. The standard InChI is InChI=1S/C18H14Cl2N4/c1-11-2-4-12(5-3-11)17-9-16(23-18-21-10-22-24(17)18)13-6-7-14(19)15(20)8-13/h2-10,17H,1H3,(H,21,22,23)/t17-/m0/s1. The van der Waals surface area contributed by atoms with E-state index in [1.807, 2.05) is 16.8 Å². The quantitative estimate of drug-likeness (QED) is 0.706. The molecule has 0 radical (unpaired) electrons. The number of nitrogens with zero attached hydrogens (tertiary/aromatic N) is 3. The summed E-state index contributed by atoms with van der Waals surface area (Å²) < 4.78 is 1.87. The van der Waals surface area contributed by atoms with Crippen LogP contribution in [0.15, 0.2) is 54.9 Å². The first-order valence-corrected chi connectivity index (χ1v) is 8.28. The summed E-state index contributed by atoms with van der Waals surface area (Å²) >= 11 is 12.2. The summed E-state index contributed by atoms with van der Waals surface area (Å²) in [6, 6.07) is 14.0. The largest absolute Gasteiger partial charge is 0.324 e. The monoisotopic (exact) mass is 356 g/mol. The molecular weight excluding hydrogens is 343 g/mol. The average Bonchev–Trinajstić information content (AvgIpc) is 3.06. The Morgan fingerprint density at radius 3 is 2.58 bits per heavy atom. The topological polar surface area (TPSA) is 42.7 Å². The van der Waals surface area contributed by atoms with Crippen molar-refractivity contribution in [3.05, 3.63) is 81.6 Å². The molecule has 0 aliphatic carbocycles. The number of hydrogen-bond donors (Lipinski definition) is 1. The number of rotatable bonds is 2. The van der Waals surface area contributed by atoms with Gasteiger partial charge in [0.15, 0.2) is 0 Å². The van der Waals surface area contributed by atoms with Gasteiger partial charge in [-0.25, -0.2) is 4.68 Å². The molecule has 2 heterocycles. The third kappa shape index (κ3) is 2.68. The van der Waals surface area contributed by atoms with Crippen molar-refractivity contribution in [1.29, 1.82) is 0 Å². The van der Waals surface area contributed by atoms with Crippen LogP contribution in [0, 0.1) is 6.92 Å². The fourth-order valence-corrected chi connectivity index (χ4v) is 3.06. The molecule has 2 aromatic carbocycles. The summed E-state index contributed by atoms with van der Waals surface area (Å²) in [6.07, 6.45) is 3.67. The van der Waals surface area contributed by atoms with E-state index >= 15 is 0 Å². The third-order valence-corrected chi connectivity index (χ3v) is 4.80. The van der Waals surface area contributed by atoms with Crippen LogP contribution < -0.4 is 5.32 Å². The molecule has 1 aromatic heterocycles. The van der Waals surface area contributed by atoms with Gasteiger partial charge < -0.3 is 5.32 Å². The minimum atomic E-state index is -0.0335. The van der Waals surface area contributed by atoms with E-state index in [0.717, 1.165) is 16.8 Å². The Morgan fingerprint density at radius 1 is 1.04 bits per heavy atom. The van der Waals surface area contributed by atoms with Crippen molar-refractivity contribution < 1.29 is 0 Å². The maximum absolute atomic E-state index is 6.16. The Morgan fingerprint density at radius 2 is 1.83 bits per heavy atom. The molecule has 0 saturated carbocycles. The second-order valence-electron chi connectivity index (χ2n) is 5.72. The molecule has 120 valence electrons. The maximum Gasteiger partial charge on any atom is 0.226 e. The molecule has 1 atom stereocenters. The molecule has 0 unspecified atom stereocenters. The average molecular weight is 357 g/mol. The van der Waals surface area contributed by atoms with Gasteiger partial charge in [0.05, 0.1) is 10.0 Å². The van der Waals surface area contributed by atoms with Crippen molar-refractivity contribution in [2.24, 2.45) is 0 Å². The van der Waals surface area contributed by atoms with E-state index in [1.54, 1.807) is 12.4 Å². The number of anilines is 1. The van der Waals surface area contributed by atoms with E-state index in [0.29, 0.717) is 16.0 Å². The zero-order valence-corrected chi connectivity index (χ0v) is 14.4. The summed E-state index contributed by atoms with van der Waals surface area (Å²) in [5.41, 5.74) is 4.25. The highest BCUT2D eigenvalue weighted by Crippen LogP contribution is 2.33. The smallest absolute Gasteiger partial charge is 0.226 e. The van der Waals surface area contributed by atoms with Crippen molar-refractivity contribution >= 4 is 34.8 Å². The van der Waals surface area contributed by atoms with Crippen LogP contribution in [-0.4, -0.2) is 14.8 Å². The fourth-order valence-electron chi connectivity index (χ4n) is 2.77. The number of nitrogens with one attached hydrogen (secondary N) is 1. The molecule has 0 bridgehead atoms. The Labute approximate surface area is 149 Å². The van der Waals surface area contributed by atoms with Crippen LogP contribution in [-0.2, 0) is 0 Å². The van der Waals surface area contributed by atoms with Crippen LogP contribution in [0.5, 0.6) is 0 Å². The minimum Gasteiger partial charge on any atom is -0.324 e. The van der Waals surface area contributed by atoms with E-state index in [-0.39, 0.29) is 6.04 Å². The molecule has 4 nitrogen and oxygen atoms in total. The first-order chi connectivity index (χ1) is 11.6. The SMILES string of the molecule is Cc1ccc([C@@H]2C=C(c3ccc(Cl)c(Cl)c3)Nc3ncnn32)cc1. The lowest BCUT2D eigenvalue weighted by molar-refractivity contribution is 0.612. The Bertz CT molecular complexity index is 928. The summed E-state index contributed by atoms with van der Waals surface area (Å²) in [5.74, 6) is 0.698. The van der Waals surface area contributed by atoms with Gasteiger partial charge in [0.2, 0.25) is 5.95 Å². The summed E-state index contributed by atoms with van der Waals surface area (Å²) in [6.45, 7) is 2.07. The number of aromatic nitrogens is 3. The van der Waals surface area contributed by atoms with Crippen molar-refractivity contribution in [3.63, 3.8) is 0 Å². The lowest BCUT2D eigenvalue weighted by Crippen LogP contribution is -2.20. The molecule has 0 fully saturated rings. The molecule has 4 rings (SSSR count). The van der Waals surface area contributed by atoms with Gasteiger partial charge >= 0.3 is 0 Å². The molecular formula is C18H14Cl2N4. The van der Waals surface area contributed by atoms with Crippen LogP contribution in [0.4, 0.5) is 5.95 Å². The van der Waals surface area contributed by atoms with Gasteiger partial charge in [-0.15, -0.1) is 0 Å². The number of aryl methyl sites for hydroxylation is 1. The van der Waals surface area contributed by atoms with Crippen molar-refractivity contribution in [3.8, 4) is 0 Å². The number of halogens is 2. The molecule has 1 aliphatic rings. The van der Waals surface area contributed by atoms with Gasteiger partial charge in [-0.1, -0.05) is 59.1 Å². The highest BCUT2D eigenvalue weighted by molar-refractivity contribution is 6.42. The zero-order chi connectivity index (χ0) is 16.7. The predicted molar refractivity (Wildman–Crippen MR) is 97.4 cm³/mol. The second kappa shape index (κ2) is 5.96. The molecule has 3 aromatic rings. The summed E-state index contributed by atoms with van der Waals surface area (Å²) in [7, 11) is 0. The number of benzene rings is 2. The number of hydrogen-bond acceptors (Lipinski definition) is 3. The Balaban J connectivity index is 1.81. The van der Waals surface area contributed by atoms with Gasteiger partial charge in [0.1, 0.15) is 12.4 Å². The van der Waals surface area contributed by atoms with E-state index in [9.17, 15) is 0 Å². The van der Waals surface area contributed by atoms with E-state index in [4.69, 9.17) is 23.2 Å². The van der Waals surface area contributed by atoms with Crippen molar-refractivity contribution in [2.45, 2.75) is 13.0 Å². The first kappa shape index (κ1) is 15.2. The third-order valence-electron chi connectivity index (χ3n) is 4.06. The Kier molecular flexibility index (Phi) is 3.79. The van der Waals surface area contributed by atoms with Gasteiger partial charge in [0.25, 0.3) is 0 Å². The Hall–Kier alpha value is -2.30. The zero-order valence-electron chi connectivity index (χ0n) is 12.9. The highest BCUT2D eigenvalue weighted by atomic mass is 35.5. The van der Waals surface area contributed by atoms with E-state index in [2.05, 4.69) is 52.7 Å². The van der Waals surface area contributed by atoms with Crippen LogP contribution in [0.3, 0.4) is 0 Å². The predicted octanol–water partition coefficient (Wildman–Crippen LogP) is 4.95. The summed E-state index contributed by atoms with van der Waals surface area (Å²) in [5, 5.41) is 8.71. The van der Waals surface area contributed by atoms with Gasteiger partial charge in [0, 0.05) is 5.70 Å². The fraction of sp³-hybridized carbons (Fsp3) is 0.111. The van der Waals surface area contributed by atoms with E-state index in [1.165, 1.54) is 5.56 Å². The van der Waals surface area contributed by atoms with Crippen molar-refractivity contribution in [1.82, 2.24) is 14.8 Å². The molecule has 0 amide bonds. The molecule has 1 aliphatic heterocycles. The molecule has 0 spiro atoms. The summed E-state index contributed by atoms with van der Waals surface area (Å²) in [4.78, 5) is 4.31. The van der Waals surface area contributed by atoms with Crippen molar-refractivity contribution in [2.75, 3.05) is 5.32 Å². The molecule has 24 heavy (non-hydrogen) atoms. The molecule has 0 saturated heterocycles.